The highest BCUT2D eigenvalue weighted by atomic mass is 16.7. The summed E-state index contributed by atoms with van der Waals surface area (Å²) >= 11 is 0. The fourth-order valence-electron chi connectivity index (χ4n) is 2.38. The maximum Gasteiger partial charge on any atom is 0.186 e. The first-order chi connectivity index (χ1) is 10.9. The zero-order valence-corrected chi connectivity index (χ0v) is 12.1. The number of rotatable bonds is 3. The third-order valence-electron chi connectivity index (χ3n) is 3.47. The van der Waals surface area contributed by atoms with Gasteiger partial charge in [0.15, 0.2) is 6.29 Å². The molecule has 1 atom stereocenters. The quantitative estimate of drug-likeness (QED) is 0.885. The lowest BCUT2D eigenvalue weighted by Crippen LogP contribution is -2.26. The smallest absolute Gasteiger partial charge is 0.186 e. The standard InChI is InChI=1S/C18H17NO3/c20-11-16-12-21-18(15-9-5-2-6-10-15)22-13-19-17(16)14-7-3-1-4-8-14/h1-11,18-19H,12-13H2. The molecule has 0 radical (unpaired) electrons. The van der Waals surface area contributed by atoms with E-state index in [0.717, 1.165) is 23.1 Å². The summed E-state index contributed by atoms with van der Waals surface area (Å²) in [5, 5.41) is 3.18. The van der Waals surface area contributed by atoms with Crippen molar-refractivity contribution < 1.29 is 14.3 Å². The molecule has 1 N–H and O–H groups in total. The number of hydrogen-bond donors (Lipinski definition) is 1. The number of carbonyl (C=O) groups is 1. The van der Waals surface area contributed by atoms with Gasteiger partial charge < -0.3 is 14.8 Å². The van der Waals surface area contributed by atoms with Crippen LogP contribution in [0.5, 0.6) is 0 Å². The highest BCUT2D eigenvalue weighted by Crippen LogP contribution is 2.24. The van der Waals surface area contributed by atoms with E-state index in [9.17, 15) is 4.79 Å². The normalized spacial score (nSPS) is 19.0. The van der Waals surface area contributed by atoms with E-state index >= 15 is 0 Å². The van der Waals surface area contributed by atoms with Crippen LogP contribution in [0.3, 0.4) is 0 Å². The largest absolute Gasteiger partial charge is 0.362 e. The van der Waals surface area contributed by atoms with Crippen molar-refractivity contribution >= 4 is 12.0 Å². The summed E-state index contributed by atoms with van der Waals surface area (Å²) in [4.78, 5) is 11.4. The molecule has 112 valence electrons. The Morgan fingerprint density at radius 2 is 1.64 bits per heavy atom. The van der Waals surface area contributed by atoms with E-state index in [1.54, 1.807) is 0 Å². The predicted octanol–water partition coefficient (Wildman–Crippen LogP) is 2.89. The predicted molar refractivity (Wildman–Crippen MR) is 83.6 cm³/mol. The molecule has 0 bridgehead atoms. The van der Waals surface area contributed by atoms with E-state index in [2.05, 4.69) is 5.32 Å². The van der Waals surface area contributed by atoms with E-state index < -0.39 is 6.29 Å². The van der Waals surface area contributed by atoms with Crippen molar-refractivity contribution in [1.29, 1.82) is 0 Å². The lowest BCUT2D eigenvalue weighted by molar-refractivity contribution is -0.146. The lowest BCUT2D eigenvalue weighted by atomic mass is 10.1. The molecule has 0 saturated heterocycles. The van der Waals surface area contributed by atoms with Gasteiger partial charge in [0.2, 0.25) is 0 Å². The number of hydrogen-bond acceptors (Lipinski definition) is 4. The van der Waals surface area contributed by atoms with Crippen molar-refractivity contribution in [2.45, 2.75) is 6.29 Å². The fourth-order valence-corrected chi connectivity index (χ4v) is 2.38. The van der Waals surface area contributed by atoms with Gasteiger partial charge in [-0.3, -0.25) is 4.79 Å². The summed E-state index contributed by atoms with van der Waals surface area (Å²) in [5.74, 6) is 0. The molecule has 0 amide bonds. The van der Waals surface area contributed by atoms with E-state index in [1.807, 2.05) is 60.7 Å². The number of carbonyl (C=O) groups excluding carboxylic acids is 1. The van der Waals surface area contributed by atoms with Crippen LogP contribution in [0.15, 0.2) is 66.2 Å². The number of aldehydes is 1. The van der Waals surface area contributed by atoms with Crippen molar-refractivity contribution in [3.63, 3.8) is 0 Å². The van der Waals surface area contributed by atoms with Crippen LogP contribution in [0.4, 0.5) is 0 Å². The van der Waals surface area contributed by atoms with Gasteiger partial charge in [0.05, 0.1) is 12.3 Å². The average Bonchev–Trinajstić information content (AvgIpc) is 2.57. The van der Waals surface area contributed by atoms with Crippen LogP contribution in [0.25, 0.3) is 5.70 Å². The zero-order valence-electron chi connectivity index (χ0n) is 12.1. The van der Waals surface area contributed by atoms with Crippen molar-refractivity contribution in [2.24, 2.45) is 0 Å². The van der Waals surface area contributed by atoms with Gasteiger partial charge in [0.1, 0.15) is 13.0 Å². The molecule has 1 aliphatic rings. The maximum absolute atomic E-state index is 11.4. The van der Waals surface area contributed by atoms with E-state index in [1.165, 1.54) is 0 Å². The van der Waals surface area contributed by atoms with Gasteiger partial charge in [0, 0.05) is 11.1 Å². The SMILES string of the molecule is O=CC1=C(c2ccccc2)NCOC(c2ccccc2)OC1. The van der Waals surface area contributed by atoms with Gasteiger partial charge in [0.25, 0.3) is 0 Å². The molecule has 3 rings (SSSR count). The first-order valence-electron chi connectivity index (χ1n) is 7.14. The monoisotopic (exact) mass is 295 g/mol. The van der Waals surface area contributed by atoms with Crippen LogP contribution < -0.4 is 5.32 Å². The number of nitrogens with one attached hydrogen (secondary N) is 1. The third-order valence-corrected chi connectivity index (χ3v) is 3.47. The molecule has 4 heteroatoms. The number of ether oxygens (including phenoxy) is 2. The molecule has 0 aromatic heterocycles. The summed E-state index contributed by atoms with van der Waals surface area (Å²) < 4.78 is 11.5. The average molecular weight is 295 g/mol. The molecule has 0 fully saturated rings. The number of benzene rings is 2. The molecule has 1 unspecified atom stereocenters. The molecular formula is C18H17NO3. The Morgan fingerprint density at radius 3 is 2.32 bits per heavy atom. The summed E-state index contributed by atoms with van der Waals surface area (Å²) in [6.45, 7) is 0.460. The molecule has 1 aliphatic heterocycles. The third kappa shape index (κ3) is 3.24. The van der Waals surface area contributed by atoms with Gasteiger partial charge in [-0.1, -0.05) is 60.7 Å². The van der Waals surface area contributed by atoms with Crippen LogP contribution in [0, 0.1) is 0 Å². The highest BCUT2D eigenvalue weighted by Gasteiger charge is 2.18. The van der Waals surface area contributed by atoms with Crippen LogP contribution in [0.1, 0.15) is 17.4 Å². The Hall–Kier alpha value is -2.43. The van der Waals surface area contributed by atoms with E-state index in [-0.39, 0.29) is 13.3 Å². The molecule has 0 spiro atoms. The lowest BCUT2D eigenvalue weighted by Gasteiger charge is -2.24. The maximum atomic E-state index is 11.4. The van der Waals surface area contributed by atoms with E-state index in [4.69, 9.17) is 9.47 Å². The second-order valence-electron chi connectivity index (χ2n) is 4.93. The second kappa shape index (κ2) is 7.02. The van der Waals surface area contributed by atoms with E-state index in [0.29, 0.717) is 5.57 Å². The summed E-state index contributed by atoms with van der Waals surface area (Å²) in [5.41, 5.74) is 3.20. The van der Waals surface area contributed by atoms with Gasteiger partial charge in [-0.25, -0.2) is 0 Å². The molecular weight excluding hydrogens is 278 g/mol. The molecule has 4 nitrogen and oxygen atoms in total. The van der Waals surface area contributed by atoms with Crippen molar-refractivity contribution in [2.75, 3.05) is 13.3 Å². The van der Waals surface area contributed by atoms with Gasteiger partial charge in [-0.2, -0.15) is 0 Å². The van der Waals surface area contributed by atoms with Crippen molar-refractivity contribution in [1.82, 2.24) is 5.32 Å². The fraction of sp³-hybridized carbons (Fsp3) is 0.167. The summed E-state index contributed by atoms with van der Waals surface area (Å²) in [6.07, 6.45) is 0.351. The Bertz CT molecular complexity index is 653. The van der Waals surface area contributed by atoms with Gasteiger partial charge in [-0.15, -0.1) is 0 Å². The minimum Gasteiger partial charge on any atom is -0.362 e. The van der Waals surface area contributed by atoms with Crippen molar-refractivity contribution in [3.8, 4) is 0 Å². The first kappa shape index (κ1) is 14.5. The molecule has 0 saturated carbocycles. The highest BCUT2D eigenvalue weighted by molar-refractivity contribution is 5.87. The summed E-state index contributed by atoms with van der Waals surface area (Å²) in [7, 11) is 0. The van der Waals surface area contributed by atoms with Gasteiger partial charge >= 0.3 is 0 Å². The molecule has 2 aromatic carbocycles. The Kier molecular flexibility index (Phi) is 4.63. The van der Waals surface area contributed by atoms with Crippen molar-refractivity contribution in [3.05, 3.63) is 77.4 Å². The molecule has 2 aromatic rings. The molecule has 0 aliphatic carbocycles. The Morgan fingerprint density at radius 1 is 0.955 bits per heavy atom. The topological polar surface area (TPSA) is 47.6 Å². The molecule has 22 heavy (non-hydrogen) atoms. The van der Waals surface area contributed by atoms with Crippen LogP contribution in [-0.4, -0.2) is 19.6 Å². The Labute approximate surface area is 129 Å². The second-order valence-corrected chi connectivity index (χ2v) is 4.93. The zero-order chi connectivity index (χ0) is 15.2. The van der Waals surface area contributed by atoms with Crippen LogP contribution in [-0.2, 0) is 14.3 Å². The minimum absolute atomic E-state index is 0.195. The minimum atomic E-state index is -0.485. The van der Waals surface area contributed by atoms with Gasteiger partial charge in [-0.05, 0) is 5.56 Å². The Balaban J connectivity index is 1.84. The molecule has 1 heterocycles. The van der Waals surface area contributed by atoms with Crippen LogP contribution in [0.2, 0.25) is 0 Å². The first-order valence-corrected chi connectivity index (χ1v) is 7.14. The summed E-state index contributed by atoms with van der Waals surface area (Å²) in [6, 6.07) is 19.4. The van der Waals surface area contributed by atoms with Crippen LogP contribution >= 0.6 is 0 Å².